The maximum Gasteiger partial charge on any atom is 0.232 e. The third-order valence-electron chi connectivity index (χ3n) is 2.69. The van der Waals surface area contributed by atoms with Gasteiger partial charge in [0.2, 0.25) is 5.91 Å². The molecule has 15 heavy (non-hydrogen) atoms. The van der Waals surface area contributed by atoms with Gasteiger partial charge in [-0.15, -0.1) is 0 Å². The van der Waals surface area contributed by atoms with Gasteiger partial charge in [-0.2, -0.15) is 0 Å². The van der Waals surface area contributed by atoms with Gasteiger partial charge in [-0.25, -0.2) is 0 Å². The fourth-order valence-corrected chi connectivity index (χ4v) is 2.06. The second kappa shape index (κ2) is 5.42. The number of nitrogens with zero attached hydrogens (tertiary/aromatic N) is 1. The number of β-amino-alcohol motifs (C(OH)–C–C–N with tert-alkyl or cyclic N) is 1. The first-order chi connectivity index (χ1) is 7.06. The summed E-state index contributed by atoms with van der Waals surface area (Å²) in [5.74, 6) is -0.379. The van der Waals surface area contributed by atoms with Crippen molar-refractivity contribution in [2.75, 3.05) is 13.1 Å². The van der Waals surface area contributed by atoms with Crippen LogP contribution in [0, 0.1) is 5.92 Å². The Hall–Kier alpha value is -0.680. The molecule has 1 aliphatic rings. The van der Waals surface area contributed by atoms with E-state index < -0.39 is 0 Å². The number of aliphatic hydroxyl groups excluding tert-OH is 1. The Morgan fingerprint density at radius 2 is 2.40 bits per heavy atom. The molecule has 1 amide bonds. The number of aliphatic hydroxyl groups is 1. The molecule has 0 aliphatic carbocycles. The molecule has 0 aromatic rings. The van der Waals surface area contributed by atoms with E-state index in [4.69, 9.17) is 18.0 Å². The molecule has 0 aromatic heterocycles. The first-order valence-electron chi connectivity index (χ1n) is 5.32. The summed E-state index contributed by atoms with van der Waals surface area (Å²) in [6.45, 7) is 3.03. The van der Waals surface area contributed by atoms with E-state index in [1.165, 1.54) is 0 Å². The lowest BCUT2D eigenvalue weighted by molar-refractivity contribution is -0.132. The van der Waals surface area contributed by atoms with Crippen molar-refractivity contribution in [2.24, 2.45) is 11.7 Å². The summed E-state index contributed by atoms with van der Waals surface area (Å²) in [7, 11) is 0. The van der Waals surface area contributed by atoms with Crippen LogP contribution < -0.4 is 5.73 Å². The van der Waals surface area contributed by atoms with E-state index in [2.05, 4.69) is 0 Å². The molecule has 0 spiro atoms. The molecule has 4 nitrogen and oxygen atoms in total. The Balaban J connectivity index is 2.59. The van der Waals surface area contributed by atoms with Gasteiger partial charge in [0.15, 0.2) is 0 Å². The highest BCUT2D eigenvalue weighted by molar-refractivity contribution is 7.80. The minimum absolute atomic E-state index is 0.0269. The van der Waals surface area contributed by atoms with Crippen LogP contribution in [0.5, 0.6) is 0 Å². The number of hydrogen-bond donors (Lipinski definition) is 2. The number of nitrogens with two attached hydrogens (primary N) is 1. The molecule has 1 fully saturated rings. The van der Waals surface area contributed by atoms with Gasteiger partial charge in [0, 0.05) is 13.1 Å². The second-order valence-corrected chi connectivity index (χ2v) is 4.44. The molecule has 3 N–H and O–H groups in total. The lowest BCUT2D eigenvalue weighted by atomic mass is 10.0. The Morgan fingerprint density at radius 1 is 1.73 bits per heavy atom. The van der Waals surface area contributed by atoms with Crippen LogP contribution in [0.1, 0.15) is 26.2 Å². The van der Waals surface area contributed by atoms with E-state index in [1.807, 2.05) is 6.92 Å². The monoisotopic (exact) mass is 230 g/mol. The quantitative estimate of drug-likeness (QED) is 0.681. The minimum atomic E-state index is -0.387. The van der Waals surface area contributed by atoms with E-state index in [0.717, 1.165) is 6.42 Å². The third-order valence-corrected chi connectivity index (χ3v) is 2.98. The molecule has 1 heterocycles. The number of amides is 1. The summed E-state index contributed by atoms with van der Waals surface area (Å²) < 4.78 is 0. The van der Waals surface area contributed by atoms with Crippen molar-refractivity contribution in [2.45, 2.75) is 32.3 Å². The number of hydrogen-bond acceptors (Lipinski definition) is 3. The summed E-state index contributed by atoms with van der Waals surface area (Å²) in [6.07, 6.45) is 1.84. The van der Waals surface area contributed by atoms with E-state index >= 15 is 0 Å². The summed E-state index contributed by atoms with van der Waals surface area (Å²) in [4.78, 5) is 13.9. The largest absolute Gasteiger partial charge is 0.393 e. The Bertz CT molecular complexity index is 258. The van der Waals surface area contributed by atoms with E-state index in [0.29, 0.717) is 25.9 Å². The van der Waals surface area contributed by atoms with Crippen LogP contribution in [0.4, 0.5) is 0 Å². The molecule has 1 rings (SSSR count). The zero-order valence-electron chi connectivity index (χ0n) is 8.98. The van der Waals surface area contributed by atoms with Gasteiger partial charge in [0.05, 0.1) is 17.0 Å². The van der Waals surface area contributed by atoms with E-state index in [-0.39, 0.29) is 22.9 Å². The van der Waals surface area contributed by atoms with Crippen LogP contribution in [-0.4, -0.2) is 40.1 Å². The zero-order valence-corrected chi connectivity index (χ0v) is 9.80. The van der Waals surface area contributed by atoms with E-state index in [9.17, 15) is 9.90 Å². The normalized spacial score (nSPS) is 22.8. The van der Waals surface area contributed by atoms with Gasteiger partial charge < -0.3 is 15.7 Å². The summed E-state index contributed by atoms with van der Waals surface area (Å²) in [6, 6.07) is 0. The number of rotatable bonds is 4. The second-order valence-electron chi connectivity index (χ2n) is 3.97. The topological polar surface area (TPSA) is 66.6 Å². The Morgan fingerprint density at radius 3 is 2.80 bits per heavy atom. The predicted octanol–water partition coefficient (Wildman–Crippen LogP) is 0.282. The van der Waals surface area contributed by atoms with Crippen molar-refractivity contribution < 1.29 is 9.90 Å². The summed E-state index contributed by atoms with van der Waals surface area (Å²) in [5.41, 5.74) is 5.55. The maximum absolute atomic E-state index is 12.0. The highest BCUT2D eigenvalue weighted by atomic mass is 32.1. The number of thiocarbonyl (C=S) groups is 1. The van der Waals surface area contributed by atoms with Crippen LogP contribution in [0.15, 0.2) is 0 Å². The minimum Gasteiger partial charge on any atom is -0.393 e. The molecule has 86 valence electrons. The van der Waals surface area contributed by atoms with Crippen molar-refractivity contribution in [3.05, 3.63) is 0 Å². The van der Waals surface area contributed by atoms with Crippen LogP contribution in [0.2, 0.25) is 0 Å². The van der Waals surface area contributed by atoms with E-state index in [1.54, 1.807) is 4.90 Å². The standard InChI is InChI=1S/C10H18N2O2S/c1-2-3-8(9(11)15)10(14)12-5-4-7(13)6-12/h7-8,13H,2-6H2,1H3,(H2,11,15). The molecule has 0 aromatic carbocycles. The fraction of sp³-hybridized carbons (Fsp3) is 0.800. The highest BCUT2D eigenvalue weighted by Crippen LogP contribution is 2.16. The van der Waals surface area contributed by atoms with Crippen LogP contribution >= 0.6 is 12.2 Å². The van der Waals surface area contributed by atoms with Gasteiger partial charge >= 0.3 is 0 Å². The molecule has 1 saturated heterocycles. The molecule has 2 atom stereocenters. The molecule has 5 heteroatoms. The average molecular weight is 230 g/mol. The SMILES string of the molecule is CCCC(C(=O)N1CCC(O)C1)C(N)=S. The van der Waals surface area contributed by atoms with Crippen LogP contribution in [0.25, 0.3) is 0 Å². The van der Waals surface area contributed by atoms with Gasteiger partial charge in [-0.05, 0) is 12.8 Å². The van der Waals surface area contributed by atoms with Crippen molar-refractivity contribution in [1.82, 2.24) is 4.90 Å². The van der Waals surface area contributed by atoms with Crippen LogP contribution in [-0.2, 0) is 4.79 Å². The number of likely N-dealkylation sites (tertiary alicyclic amines) is 1. The van der Waals surface area contributed by atoms with Gasteiger partial charge in [0.25, 0.3) is 0 Å². The Labute approximate surface area is 95.4 Å². The van der Waals surface area contributed by atoms with Crippen molar-refractivity contribution in [1.29, 1.82) is 0 Å². The molecule has 0 saturated carbocycles. The molecular weight excluding hydrogens is 212 g/mol. The van der Waals surface area contributed by atoms with Crippen molar-refractivity contribution >= 4 is 23.1 Å². The summed E-state index contributed by atoms with van der Waals surface area (Å²) >= 11 is 4.89. The molecular formula is C10H18N2O2S. The Kier molecular flexibility index (Phi) is 4.47. The number of carbonyl (C=O) groups excluding carboxylic acids is 1. The maximum atomic E-state index is 12.0. The smallest absolute Gasteiger partial charge is 0.232 e. The van der Waals surface area contributed by atoms with Crippen LogP contribution in [0.3, 0.4) is 0 Å². The number of carbonyl (C=O) groups is 1. The fourth-order valence-electron chi connectivity index (χ4n) is 1.84. The lowest BCUT2D eigenvalue weighted by Crippen LogP contribution is -2.40. The summed E-state index contributed by atoms with van der Waals surface area (Å²) in [5, 5.41) is 9.34. The average Bonchev–Trinajstić information content (AvgIpc) is 2.59. The molecule has 0 bridgehead atoms. The lowest BCUT2D eigenvalue weighted by Gasteiger charge is -2.22. The van der Waals surface area contributed by atoms with Gasteiger partial charge in [-0.3, -0.25) is 4.79 Å². The predicted molar refractivity (Wildman–Crippen MR) is 62.4 cm³/mol. The van der Waals surface area contributed by atoms with Gasteiger partial charge in [-0.1, -0.05) is 25.6 Å². The molecule has 1 aliphatic heterocycles. The van der Waals surface area contributed by atoms with Crippen molar-refractivity contribution in [3.63, 3.8) is 0 Å². The van der Waals surface area contributed by atoms with Gasteiger partial charge in [0.1, 0.15) is 0 Å². The first-order valence-corrected chi connectivity index (χ1v) is 5.73. The zero-order chi connectivity index (χ0) is 11.4. The molecule has 0 radical (unpaired) electrons. The first kappa shape index (κ1) is 12.4. The van der Waals surface area contributed by atoms with Crippen molar-refractivity contribution in [3.8, 4) is 0 Å². The molecule has 2 unspecified atom stereocenters. The highest BCUT2D eigenvalue weighted by Gasteiger charge is 2.30. The third kappa shape index (κ3) is 3.14.